The summed E-state index contributed by atoms with van der Waals surface area (Å²) >= 11 is 11.6. The van der Waals surface area contributed by atoms with Crippen molar-refractivity contribution in [1.29, 1.82) is 0 Å². The molecule has 7 heteroatoms. The van der Waals surface area contributed by atoms with Gasteiger partial charge >= 0.3 is 0 Å². The third-order valence-corrected chi connectivity index (χ3v) is 4.09. The molecule has 1 aromatic rings. The molecule has 0 aliphatic rings. The van der Waals surface area contributed by atoms with E-state index in [1.807, 2.05) is 6.92 Å². The molecule has 0 aromatic heterocycles. The number of hydrogen-bond acceptors (Lipinski definition) is 3. The Kier molecular flexibility index (Phi) is 6.42. The van der Waals surface area contributed by atoms with Gasteiger partial charge in [-0.2, -0.15) is 0 Å². The molecule has 0 saturated heterocycles. The fourth-order valence-corrected chi connectivity index (χ4v) is 2.37. The van der Waals surface area contributed by atoms with Crippen molar-refractivity contribution in [3.63, 3.8) is 0 Å². The van der Waals surface area contributed by atoms with E-state index in [1.165, 1.54) is 6.07 Å². The summed E-state index contributed by atoms with van der Waals surface area (Å²) in [7, 11) is 0. The second-order valence-electron chi connectivity index (χ2n) is 5.17. The van der Waals surface area contributed by atoms with Crippen LogP contribution < -0.4 is 5.32 Å². The summed E-state index contributed by atoms with van der Waals surface area (Å²) in [4.78, 5) is 22.4. The SMILES string of the molecule is CCC(C)CC(C)NC(=O)c1cc(Cl)c(Cl)c([N+](=O)[O-])c1. The zero-order valence-corrected chi connectivity index (χ0v) is 13.7. The fourth-order valence-electron chi connectivity index (χ4n) is 1.97. The lowest BCUT2D eigenvalue weighted by Crippen LogP contribution is -2.33. The molecule has 0 aliphatic heterocycles. The minimum Gasteiger partial charge on any atom is -0.350 e. The van der Waals surface area contributed by atoms with Gasteiger partial charge in [-0.05, 0) is 25.3 Å². The number of nitrogens with one attached hydrogen (secondary N) is 1. The van der Waals surface area contributed by atoms with Gasteiger partial charge in [0.25, 0.3) is 11.6 Å². The Hall–Kier alpha value is -1.33. The molecule has 21 heavy (non-hydrogen) atoms. The van der Waals surface area contributed by atoms with E-state index >= 15 is 0 Å². The van der Waals surface area contributed by atoms with E-state index in [2.05, 4.69) is 19.2 Å². The van der Waals surface area contributed by atoms with E-state index in [9.17, 15) is 14.9 Å². The van der Waals surface area contributed by atoms with E-state index in [4.69, 9.17) is 23.2 Å². The maximum Gasteiger partial charge on any atom is 0.290 e. The zero-order valence-electron chi connectivity index (χ0n) is 12.2. The van der Waals surface area contributed by atoms with Crippen LogP contribution in [-0.2, 0) is 0 Å². The molecular weight excluding hydrogens is 315 g/mol. The third-order valence-electron chi connectivity index (χ3n) is 3.30. The van der Waals surface area contributed by atoms with Gasteiger partial charge in [-0.15, -0.1) is 0 Å². The first-order valence-electron chi connectivity index (χ1n) is 6.70. The Morgan fingerprint density at radius 3 is 2.52 bits per heavy atom. The Balaban J connectivity index is 2.90. The molecule has 0 heterocycles. The van der Waals surface area contributed by atoms with E-state index in [-0.39, 0.29) is 27.3 Å². The molecule has 0 fully saturated rings. The molecule has 0 radical (unpaired) electrons. The molecule has 2 atom stereocenters. The Morgan fingerprint density at radius 1 is 1.38 bits per heavy atom. The highest BCUT2D eigenvalue weighted by Gasteiger charge is 2.21. The lowest BCUT2D eigenvalue weighted by Gasteiger charge is -2.17. The van der Waals surface area contributed by atoms with Crippen molar-refractivity contribution >= 4 is 34.8 Å². The van der Waals surface area contributed by atoms with Crippen molar-refractivity contribution in [3.8, 4) is 0 Å². The number of carbonyl (C=O) groups is 1. The lowest BCUT2D eigenvalue weighted by molar-refractivity contribution is -0.384. The van der Waals surface area contributed by atoms with Crippen molar-refractivity contribution < 1.29 is 9.72 Å². The zero-order chi connectivity index (χ0) is 16.2. The van der Waals surface area contributed by atoms with Crippen molar-refractivity contribution in [2.45, 2.75) is 39.7 Å². The number of hydrogen-bond donors (Lipinski definition) is 1. The molecular formula is C14H18Cl2N2O3. The Bertz CT molecular complexity index is 549. The first kappa shape index (κ1) is 17.7. The maximum absolute atomic E-state index is 12.1. The molecule has 0 bridgehead atoms. The van der Waals surface area contributed by atoms with Crippen LogP contribution in [-0.4, -0.2) is 16.9 Å². The first-order valence-corrected chi connectivity index (χ1v) is 7.46. The summed E-state index contributed by atoms with van der Waals surface area (Å²) in [6.45, 7) is 6.09. The fraction of sp³-hybridized carbons (Fsp3) is 0.500. The molecule has 2 unspecified atom stereocenters. The monoisotopic (exact) mass is 332 g/mol. The van der Waals surface area contributed by atoms with Crippen LogP contribution in [0.15, 0.2) is 12.1 Å². The van der Waals surface area contributed by atoms with Gasteiger partial charge < -0.3 is 5.32 Å². The minimum atomic E-state index is -0.659. The van der Waals surface area contributed by atoms with Crippen LogP contribution in [0.1, 0.15) is 44.0 Å². The molecule has 1 N–H and O–H groups in total. The van der Waals surface area contributed by atoms with Crippen molar-refractivity contribution in [2.24, 2.45) is 5.92 Å². The van der Waals surface area contributed by atoms with Crippen LogP contribution in [0.4, 0.5) is 5.69 Å². The van der Waals surface area contributed by atoms with Gasteiger partial charge in [0.05, 0.1) is 9.95 Å². The number of nitro benzene ring substituents is 1. The molecule has 1 amide bonds. The van der Waals surface area contributed by atoms with Crippen LogP contribution in [0, 0.1) is 16.0 Å². The van der Waals surface area contributed by atoms with E-state index in [0.29, 0.717) is 5.92 Å². The second-order valence-corrected chi connectivity index (χ2v) is 5.96. The summed E-state index contributed by atoms with van der Waals surface area (Å²) in [5.74, 6) is 0.0934. The summed E-state index contributed by atoms with van der Waals surface area (Å²) in [5.41, 5.74) is -0.240. The van der Waals surface area contributed by atoms with Crippen LogP contribution in [0.3, 0.4) is 0 Å². The number of halogens is 2. The number of nitro groups is 1. The highest BCUT2D eigenvalue weighted by Crippen LogP contribution is 2.33. The number of nitrogens with zero attached hydrogens (tertiary/aromatic N) is 1. The van der Waals surface area contributed by atoms with Gasteiger partial charge in [0.1, 0.15) is 5.02 Å². The topological polar surface area (TPSA) is 72.2 Å². The van der Waals surface area contributed by atoms with Crippen molar-refractivity contribution in [2.75, 3.05) is 0 Å². The second kappa shape index (κ2) is 7.61. The Labute approximate surface area is 133 Å². The average Bonchev–Trinajstić information content (AvgIpc) is 2.40. The van der Waals surface area contributed by atoms with Crippen LogP contribution in [0.2, 0.25) is 10.0 Å². The predicted octanol–water partition coefficient (Wildman–Crippen LogP) is 4.46. The Morgan fingerprint density at radius 2 is 2.00 bits per heavy atom. The van der Waals surface area contributed by atoms with E-state index in [1.54, 1.807) is 0 Å². The number of amides is 1. The summed E-state index contributed by atoms with van der Waals surface area (Å²) in [6.07, 6.45) is 1.87. The van der Waals surface area contributed by atoms with Gasteiger partial charge in [0.15, 0.2) is 0 Å². The maximum atomic E-state index is 12.1. The average molecular weight is 333 g/mol. The highest BCUT2D eigenvalue weighted by atomic mass is 35.5. The molecule has 0 saturated carbocycles. The van der Waals surface area contributed by atoms with Gasteiger partial charge in [0, 0.05) is 17.7 Å². The first-order chi connectivity index (χ1) is 9.76. The normalized spacial score (nSPS) is 13.6. The highest BCUT2D eigenvalue weighted by molar-refractivity contribution is 6.43. The molecule has 0 spiro atoms. The number of carbonyl (C=O) groups excluding carboxylic acids is 1. The van der Waals surface area contributed by atoms with Gasteiger partial charge in [-0.1, -0.05) is 43.5 Å². The van der Waals surface area contributed by atoms with Crippen LogP contribution >= 0.6 is 23.2 Å². The van der Waals surface area contributed by atoms with Gasteiger partial charge in [0.2, 0.25) is 0 Å². The van der Waals surface area contributed by atoms with E-state index < -0.39 is 10.8 Å². The molecule has 0 aliphatic carbocycles. The standard InChI is InChI=1S/C14H18Cl2N2O3/c1-4-8(2)5-9(3)17-14(19)10-6-11(15)13(16)12(7-10)18(20)21/h6-9H,4-5H2,1-3H3,(H,17,19). The largest absolute Gasteiger partial charge is 0.350 e. The number of benzene rings is 1. The molecule has 116 valence electrons. The summed E-state index contributed by atoms with van der Waals surface area (Å²) in [6, 6.07) is 2.45. The predicted molar refractivity (Wildman–Crippen MR) is 84.1 cm³/mol. The summed E-state index contributed by atoms with van der Waals surface area (Å²) < 4.78 is 0. The quantitative estimate of drug-likeness (QED) is 0.617. The third kappa shape index (κ3) is 4.86. The molecule has 1 aromatic carbocycles. The minimum absolute atomic E-state index is 0.00871. The smallest absolute Gasteiger partial charge is 0.290 e. The van der Waals surface area contributed by atoms with E-state index in [0.717, 1.165) is 18.9 Å². The molecule has 1 rings (SSSR count). The van der Waals surface area contributed by atoms with Crippen LogP contribution in [0.25, 0.3) is 0 Å². The number of rotatable bonds is 6. The molecule has 5 nitrogen and oxygen atoms in total. The van der Waals surface area contributed by atoms with Crippen molar-refractivity contribution in [1.82, 2.24) is 5.32 Å². The van der Waals surface area contributed by atoms with Gasteiger partial charge in [-0.25, -0.2) is 0 Å². The van der Waals surface area contributed by atoms with Gasteiger partial charge in [-0.3, -0.25) is 14.9 Å². The lowest BCUT2D eigenvalue weighted by atomic mass is 10.00. The van der Waals surface area contributed by atoms with Crippen LogP contribution in [0.5, 0.6) is 0 Å². The van der Waals surface area contributed by atoms with Crippen molar-refractivity contribution in [3.05, 3.63) is 37.9 Å². The summed E-state index contributed by atoms with van der Waals surface area (Å²) in [5, 5.41) is 13.5.